The molecule has 0 aromatic heterocycles. The largest absolute Gasteiger partial charge is 0.493 e. The van der Waals surface area contributed by atoms with Crippen LogP contribution in [0.15, 0.2) is 42.5 Å². The number of methoxy groups -OCH3 is 1. The van der Waals surface area contributed by atoms with Crippen molar-refractivity contribution < 1.29 is 14.3 Å². The lowest BCUT2D eigenvalue weighted by molar-refractivity contribution is 0.112. The summed E-state index contributed by atoms with van der Waals surface area (Å²) in [6.45, 7) is 0.607. The zero-order valence-electron chi connectivity index (χ0n) is 11.3. The maximum atomic E-state index is 10.8. The second-order valence-electron chi connectivity index (χ2n) is 4.94. The van der Waals surface area contributed by atoms with E-state index in [1.54, 1.807) is 25.3 Å². The van der Waals surface area contributed by atoms with E-state index in [-0.39, 0.29) is 0 Å². The fraction of sp³-hybridized carbons (Fsp3) is 0.235. The maximum absolute atomic E-state index is 10.8. The highest BCUT2D eigenvalue weighted by Gasteiger charge is 2.26. The molecule has 3 nitrogen and oxygen atoms in total. The van der Waals surface area contributed by atoms with Gasteiger partial charge in [-0.2, -0.15) is 0 Å². The van der Waals surface area contributed by atoms with Gasteiger partial charge in [-0.25, -0.2) is 0 Å². The fourth-order valence-electron chi connectivity index (χ4n) is 2.58. The first-order chi connectivity index (χ1) is 9.81. The fourth-order valence-corrected chi connectivity index (χ4v) is 2.58. The van der Waals surface area contributed by atoms with Gasteiger partial charge >= 0.3 is 0 Å². The molecule has 0 fully saturated rings. The molecule has 0 heterocycles. The molecule has 0 bridgehead atoms. The summed E-state index contributed by atoms with van der Waals surface area (Å²) in [5.74, 6) is 1.71. The molecule has 20 heavy (non-hydrogen) atoms. The number of fused-ring (bicyclic) bond motifs is 1. The van der Waals surface area contributed by atoms with Crippen molar-refractivity contribution in [3.05, 3.63) is 59.2 Å². The first-order valence-corrected chi connectivity index (χ1v) is 6.65. The Hall–Kier alpha value is -2.29. The Morgan fingerprint density at radius 1 is 1.20 bits per heavy atom. The molecule has 1 atom stereocenters. The number of benzene rings is 2. The van der Waals surface area contributed by atoms with Gasteiger partial charge in [0.25, 0.3) is 0 Å². The van der Waals surface area contributed by atoms with Crippen molar-refractivity contribution in [2.24, 2.45) is 0 Å². The van der Waals surface area contributed by atoms with E-state index in [1.807, 2.05) is 0 Å². The molecule has 2 aromatic carbocycles. The second-order valence-corrected chi connectivity index (χ2v) is 4.94. The van der Waals surface area contributed by atoms with Crippen molar-refractivity contribution in [1.82, 2.24) is 0 Å². The van der Waals surface area contributed by atoms with Crippen molar-refractivity contribution >= 4 is 6.29 Å². The summed E-state index contributed by atoms with van der Waals surface area (Å²) < 4.78 is 11.1. The summed E-state index contributed by atoms with van der Waals surface area (Å²) >= 11 is 0. The van der Waals surface area contributed by atoms with E-state index >= 15 is 0 Å². The van der Waals surface area contributed by atoms with E-state index in [4.69, 9.17) is 9.47 Å². The lowest BCUT2D eigenvalue weighted by Crippen LogP contribution is -2.23. The smallest absolute Gasteiger partial charge is 0.161 e. The van der Waals surface area contributed by atoms with Gasteiger partial charge in [-0.15, -0.1) is 0 Å². The third-order valence-corrected chi connectivity index (χ3v) is 3.73. The van der Waals surface area contributed by atoms with Gasteiger partial charge in [0.05, 0.1) is 13.7 Å². The van der Waals surface area contributed by atoms with Crippen molar-refractivity contribution in [2.75, 3.05) is 13.7 Å². The summed E-state index contributed by atoms with van der Waals surface area (Å²) in [6, 6.07) is 13.6. The summed E-state index contributed by atoms with van der Waals surface area (Å²) in [4.78, 5) is 10.8. The molecule has 1 unspecified atom stereocenters. The first kappa shape index (κ1) is 12.7. The van der Waals surface area contributed by atoms with Crippen LogP contribution in [0.1, 0.15) is 27.4 Å². The number of carbonyl (C=O) groups excluding carboxylic acids is 1. The van der Waals surface area contributed by atoms with Gasteiger partial charge in [0, 0.05) is 11.5 Å². The van der Waals surface area contributed by atoms with E-state index in [0.717, 1.165) is 12.7 Å². The molecule has 1 aliphatic carbocycles. The van der Waals surface area contributed by atoms with Gasteiger partial charge in [-0.05, 0) is 35.7 Å². The van der Waals surface area contributed by atoms with Crippen LogP contribution in [-0.2, 0) is 6.42 Å². The summed E-state index contributed by atoms with van der Waals surface area (Å²) in [5.41, 5.74) is 3.35. The van der Waals surface area contributed by atoms with Crippen LogP contribution in [-0.4, -0.2) is 20.0 Å². The monoisotopic (exact) mass is 268 g/mol. The molecule has 0 saturated carbocycles. The lowest BCUT2D eigenvalue weighted by Gasteiger charge is -2.30. The summed E-state index contributed by atoms with van der Waals surface area (Å²) in [7, 11) is 1.60. The lowest BCUT2D eigenvalue weighted by atomic mass is 9.78. The molecule has 0 saturated heterocycles. The Morgan fingerprint density at radius 3 is 2.80 bits per heavy atom. The van der Waals surface area contributed by atoms with Gasteiger partial charge in [-0.1, -0.05) is 24.3 Å². The molecular weight excluding hydrogens is 252 g/mol. The zero-order chi connectivity index (χ0) is 13.9. The summed E-state index contributed by atoms with van der Waals surface area (Å²) in [5, 5.41) is 0. The number of ether oxygens (including phenoxy) is 2. The third kappa shape index (κ3) is 2.27. The number of carbonyl (C=O) groups is 1. The zero-order valence-corrected chi connectivity index (χ0v) is 11.3. The highest BCUT2D eigenvalue weighted by Crippen LogP contribution is 2.36. The maximum Gasteiger partial charge on any atom is 0.161 e. The predicted molar refractivity (Wildman–Crippen MR) is 76.8 cm³/mol. The highest BCUT2D eigenvalue weighted by molar-refractivity contribution is 5.76. The summed E-state index contributed by atoms with van der Waals surface area (Å²) in [6.07, 6.45) is 1.86. The molecule has 1 aliphatic rings. The molecule has 0 radical (unpaired) electrons. The van der Waals surface area contributed by atoms with E-state index in [9.17, 15) is 4.79 Å². The SMILES string of the molecule is COc1ccc(C=O)cc1OCC1Cc2ccccc21. The highest BCUT2D eigenvalue weighted by atomic mass is 16.5. The quantitative estimate of drug-likeness (QED) is 0.781. The standard InChI is InChI=1S/C17H16O3/c1-19-16-7-6-12(10-18)8-17(16)20-11-14-9-13-4-2-3-5-15(13)14/h2-8,10,14H,9,11H2,1H3. The Morgan fingerprint density at radius 2 is 2.05 bits per heavy atom. The minimum absolute atomic E-state index is 0.427. The number of aldehydes is 1. The topological polar surface area (TPSA) is 35.5 Å². The van der Waals surface area contributed by atoms with Crippen molar-refractivity contribution in [2.45, 2.75) is 12.3 Å². The molecule has 0 N–H and O–H groups in total. The van der Waals surface area contributed by atoms with E-state index in [2.05, 4.69) is 24.3 Å². The number of rotatable bonds is 5. The molecule has 102 valence electrons. The first-order valence-electron chi connectivity index (χ1n) is 6.65. The minimum Gasteiger partial charge on any atom is -0.493 e. The minimum atomic E-state index is 0.427. The molecule has 0 aliphatic heterocycles. The molecule has 0 amide bonds. The normalized spacial score (nSPS) is 15.9. The van der Waals surface area contributed by atoms with E-state index in [1.165, 1.54) is 11.1 Å². The van der Waals surface area contributed by atoms with Crippen LogP contribution in [0.25, 0.3) is 0 Å². The Bertz CT molecular complexity index is 634. The van der Waals surface area contributed by atoms with Gasteiger partial charge in [-0.3, -0.25) is 4.79 Å². The molecule has 3 rings (SSSR count). The molecule has 2 aromatic rings. The average Bonchev–Trinajstić information content (AvgIpc) is 2.48. The molecule has 3 heteroatoms. The Balaban J connectivity index is 1.72. The van der Waals surface area contributed by atoms with Crippen LogP contribution >= 0.6 is 0 Å². The van der Waals surface area contributed by atoms with Gasteiger partial charge < -0.3 is 9.47 Å². The van der Waals surface area contributed by atoms with Crippen LogP contribution in [0.4, 0.5) is 0 Å². The van der Waals surface area contributed by atoms with Crippen molar-refractivity contribution in [3.8, 4) is 11.5 Å². The third-order valence-electron chi connectivity index (χ3n) is 3.73. The Labute approximate surface area is 118 Å². The van der Waals surface area contributed by atoms with Crippen LogP contribution in [0.5, 0.6) is 11.5 Å². The molecule has 0 spiro atoms. The Kier molecular flexibility index (Phi) is 3.42. The number of hydrogen-bond donors (Lipinski definition) is 0. The van der Waals surface area contributed by atoms with Gasteiger partial charge in [0.1, 0.15) is 6.29 Å². The van der Waals surface area contributed by atoms with Gasteiger partial charge in [0.2, 0.25) is 0 Å². The van der Waals surface area contributed by atoms with E-state index in [0.29, 0.717) is 29.6 Å². The average molecular weight is 268 g/mol. The van der Waals surface area contributed by atoms with E-state index < -0.39 is 0 Å². The van der Waals surface area contributed by atoms with Crippen LogP contribution in [0, 0.1) is 0 Å². The molecular formula is C17H16O3. The van der Waals surface area contributed by atoms with Crippen LogP contribution in [0.2, 0.25) is 0 Å². The van der Waals surface area contributed by atoms with Crippen LogP contribution in [0.3, 0.4) is 0 Å². The van der Waals surface area contributed by atoms with Crippen molar-refractivity contribution in [3.63, 3.8) is 0 Å². The van der Waals surface area contributed by atoms with Crippen LogP contribution < -0.4 is 9.47 Å². The number of hydrogen-bond acceptors (Lipinski definition) is 3. The second kappa shape index (κ2) is 5.37. The predicted octanol–water partition coefficient (Wildman–Crippen LogP) is 3.23. The van der Waals surface area contributed by atoms with Gasteiger partial charge in [0.15, 0.2) is 11.5 Å². The van der Waals surface area contributed by atoms with Crippen molar-refractivity contribution in [1.29, 1.82) is 0 Å².